The maximum Gasteiger partial charge on any atom is 0.306 e. The summed E-state index contributed by atoms with van der Waals surface area (Å²) >= 11 is 0. The standard InChI is InChI=1S/C76H126NO8P/c1-6-8-10-12-14-16-18-20-22-24-26-28-30-31-32-33-34-35-36-37-38-39-40-41-42-43-44-45-47-48-50-52-54-56-58-60-62-64-66-68-75(78)82-72-74(73-84-86(80,81)83-71-70-77(3,4)5)85-76(79)69-67-65-63-61-59-57-55-53-51-49-46-29-27-25-23-21-19-17-15-13-11-9-7-2/h8-11,14-17,20-23,26-29,31-32,34-35,49,51,55,57,61,63,74H,6-7,12-13,18-19,24-25,30,33,36-48,50,52-54,56,58-60,62,64-73H2,1-5H3/b10-8-,11-9-,16-14-,17-15-,22-20-,23-21-,28-26-,29-27-,32-31-,35-34-,51-49-,57-55-,63-61-. The van der Waals surface area contributed by atoms with E-state index in [0.717, 1.165) is 103 Å². The summed E-state index contributed by atoms with van der Waals surface area (Å²) in [7, 11) is 1.12. The fourth-order valence-corrected chi connectivity index (χ4v) is 9.61. The Labute approximate surface area is 528 Å². The van der Waals surface area contributed by atoms with Crippen molar-refractivity contribution in [2.45, 2.75) is 264 Å². The smallest absolute Gasteiger partial charge is 0.306 e. The molecule has 0 saturated carbocycles. The lowest BCUT2D eigenvalue weighted by molar-refractivity contribution is -0.870. The average molecular weight is 1210 g/mol. The van der Waals surface area contributed by atoms with Gasteiger partial charge >= 0.3 is 11.9 Å². The van der Waals surface area contributed by atoms with Crippen LogP contribution in [0.5, 0.6) is 0 Å². The zero-order chi connectivity index (χ0) is 62.6. The second-order valence-electron chi connectivity index (χ2n) is 23.4. The summed E-state index contributed by atoms with van der Waals surface area (Å²) in [6, 6.07) is 0. The van der Waals surface area contributed by atoms with Crippen LogP contribution in [0.25, 0.3) is 0 Å². The van der Waals surface area contributed by atoms with E-state index in [1.165, 1.54) is 116 Å². The number of hydrogen-bond acceptors (Lipinski definition) is 8. The van der Waals surface area contributed by atoms with Gasteiger partial charge in [0.15, 0.2) is 6.10 Å². The van der Waals surface area contributed by atoms with Crippen molar-refractivity contribution in [3.63, 3.8) is 0 Å². The molecule has 488 valence electrons. The van der Waals surface area contributed by atoms with Gasteiger partial charge in [0.25, 0.3) is 7.82 Å². The second kappa shape index (κ2) is 65.1. The molecule has 0 aromatic rings. The fraction of sp³-hybridized carbons (Fsp3) is 0.632. The number of phosphoric ester groups is 1. The van der Waals surface area contributed by atoms with E-state index in [9.17, 15) is 19.0 Å². The van der Waals surface area contributed by atoms with E-state index in [2.05, 4.69) is 166 Å². The van der Waals surface area contributed by atoms with Gasteiger partial charge in [-0.15, -0.1) is 0 Å². The zero-order valence-electron chi connectivity index (χ0n) is 55.4. The maximum absolute atomic E-state index is 12.8. The van der Waals surface area contributed by atoms with Gasteiger partial charge in [-0.05, 0) is 116 Å². The quantitative estimate of drug-likeness (QED) is 0.0195. The van der Waals surface area contributed by atoms with E-state index >= 15 is 0 Å². The Morgan fingerprint density at radius 2 is 0.640 bits per heavy atom. The van der Waals surface area contributed by atoms with Crippen LogP contribution in [0.3, 0.4) is 0 Å². The van der Waals surface area contributed by atoms with Gasteiger partial charge in [0.1, 0.15) is 19.8 Å². The van der Waals surface area contributed by atoms with Gasteiger partial charge < -0.3 is 27.9 Å². The molecule has 0 bridgehead atoms. The van der Waals surface area contributed by atoms with Crippen LogP contribution in [-0.4, -0.2) is 70.0 Å². The Hall–Kier alpha value is -4.37. The summed E-state index contributed by atoms with van der Waals surface area (Å²) in [6.07, 6.45) is 97.7. The molecule has 0 heterocycles. The zero-order valence-corrected chi connectivity index (χ0v) is 56.3. The van der Waals surface area contributed by atoms with Crippen LogP contribution in [0.15, 0.2) is 158 Å². The largest absolute Gasteiger partial charge is 0.756 e. The predicted octanol–water partition coefficient (Wildman–Crippen LogP) is 21.7. The van der Waals surface area contributed by atoms with E-state index in [1.54, 1.807) is 0 Å². The van der Waals surface area contributed by atoms with Crippen LogP contribution >= 0.6 is 7.82 Å². The highest BCUT2D eigenvalue weighted by molar-refractivity contribution is 7.45. The number of likely N-dealkylation sites (N-methyl/N-ethyl adjacent to an activating group) is 1. The SMILES string of the molecule is CC/C=C\C/C=C\C/C=C\C/C=C\C/C=C\C/C=C\C/C=C\CCCC(=O)OC(COC(=O)CCCCCCCCCCCCCCCCCCCCCC/C=C\C/C=C\C/C=C\C/C=C\C/C=C\C/C=C\CC)COP(=O)([O-])OCC[N+](C)(C)C. The third kappa shape index (κ3) is 68.7. The number of allylic oxidation sites excluding steroid dienone is 26. The summed E-state index contributed by atoms with van der Waals surface area (Å²) in [6.45, 7) is 3.94. The van der Waals surface area contributed by atoms with E-state index < -0.39 is 32.5 Å². The molecule has 0 aliphatic carbocycles. The monoisotopic (exact) mass is 1210 g/mol. The van der Waals surface area contributed by atoms with Crippen molar-refractivity contribution < 1.29 is 42.1 Å². The van der Waals surface area contributed by atoms with Crippen molar-refractivity contribution in [3.8, 4) is 0 Å². The third-order valence-electron chi connectivity index (χ3n) is 14.0. The van der Waals surface area contributed by atoms with Crippen molar-refractivity contribution in [1.29, 1.82) is 0 Å². The van der Waals surface area contributed by atoms with Crippen LogP contribution in [0.4, 0.5) is 0 Å². The minimum Gasteiger partial charge on any atom is -0.756 e. The van der Waals surface area contributed by atoms with Gasteiger partial charge in [0, 0.05) is 12.8 Å². The van der Waals surface area contributed by atoms with Crippen molar-refractivity contribution in [2.24, 2.45) is 0 Å². The summed E-state index contributed by atoms with van der Waals surface area (Å²) in [5.74, 6) is -0.906. The number of unbranched alkanes of at least 4 members (excludes halogenated alkanes) is 21. The number of phosphoric acid groups is 1. The molecule has 0 aromatic carbocycles. The molecule has 0 aliphatic rings. The minimum atomic E-state index is -4.67. The highest BCUT2D eigenvalue weighted by atomic mass is 31.2. The Bertz CT molecular complexity index is 2010. The molecule has 0 aliphatic heterocycles. The molecule has 0 saturated heterocycles. The molecule has 0 spiro atoms. The van der Waals surface area contributed by atoms with Crippen LogP contribution in [0.1, 0.15) is 258 Å². The van der Waals surface area contributed by atoms with Crippen LogP contribution in [0.2, 0.25) is 0 Å². The number of carbonyl (C=O) groups excluding carboxylic acids is 2. The summed E-state index contributed by atoms with van der Waals surface area (Å²) in [4.78, 5) is 38.0. The van der Waals surface area contributed by atoms with Crippen LogP contribution in [-0.2, 0) is 32.7 Å². The molecule has 9 nitrogen and oxygen atoms in total. The first kappa shape index (κ1) is 81.6. The number of hydrogen-bond donors (Lipinski definition) is 0. The predicted molar refractivity (Wildman–Crippen MR) is 369 cm³/mol. The van der Waals surface area contributed by atoms with Gasteiger partial charge in [0.2, 0.25) is 0 Å². The molecule has 2 unspecified atom stereocenters. The van der Waals surface area contributed by atoms with E-state index in [4.69, 9.17) is 18.5 Å². The number of rotatable bonds is 61. The lowest BCUT2D eigenvalue weighted by Crippen LogP contribution is -2.37. The van der Waals surface area contributed by atoms with Crippen molar-refractivity contribution >= 4 is 19.8 Å². The normalized spacial score (nSPS) is 14.2. The molecule has 86 heavy (non-hydrogen) atoms. The Morgan fingerprint density at radius 3 is 0.965 bits per heavy atom. The van der Waals surface area contributed by atoms with Gasteiger partial charge in [-0.25, -0.2) is 0 Å². The number of quaternary nitrogens is 1. The van der Waals surface area contributed by atoms with Crippen LogP contribution < -0.4 is 4.89 Å². The first-order valence-corrected chi connectivity index (χ1v) is 35.7. The van der Waals surface area contributed by atoms with Crippen LogP contribution in [0, 0.1) is 0 Å². The van der Waals surface area contributed by atoms with Gasteiger partial charge in [-0.3, -0.25) is 14.2 Å². The van der Waals surface area contributed by atoms with Gasteiger partial charge in [-0.1, -0.05) is 287 Å². The Balaban J connectivity index is 4.07. The molecular formula is C76H126NO8P. The molecule has 0 amide bonds. The summed E-state index contributed by atoms with van der Waals surface area (Å²) in [5.41, 5.74) is 0. The maximum atomic E-state index is 12.8. The molecule has 0 radical (unpaired) electrons. The van der Waals surface area contributed by atoms with E-state index in [-0.39, 0.29) is 26.1 Å². The first-order chi connectivity index (χ1) is 42.0. The van der Waals surface area contributed by atoms with Crippen molar-refractivity contribution in [2.75, 3.05) is 47.5 Å². The number of ether oxygens (including phenoxy) is 2. The highest BCUT2D eigenvalue weighted by Gasteiger charge is 2.22. The number of carbonyl (C=O) groups is 2. The molecule has 0 rings (SSSR count). The molecule has 0 fully saturated rings. The summed E-state index contributed by atoms with van der Waals surface area (Å²) < 4.78 is 34.2. The summed E-state index contributed by atoms with van der Waals surface area (Å²) in [5, 5.41) is 0. The second-order valence-corrected chi connectivity index (χ2v) is 24.8. The third-order valence-corrected chi connectivity index (χ3v) is 15.0. The van der Waals surface area contributed by atoms with E-state index in [1.807, 2.05) is 27.2 Å². The van der Waals surface area contributed by atoms with Gasteiger partial charge in [-0.2, -0.15) is 0 Å². The highest BCUT2D eigenvalue weighted by Crippen LogP contribution is 2.38. The fourth-order valence-electron chi connectivity index (χ4n) is 8.89. The molecular weight excluding hydrogens is 1090 g/mol. The number of esters is 2. The molecule has 10 heteroatoms. The molecule has 0 N–H and O–H groups in total. The first-order valence-electron chi connectivity index (χ1n) is 34.2. The van der Waals surface area contributed by atoms with Gasteiger partial charge in [0.05, 0.1) is 27.7 Å². The Kier molecular flexibility index (Phi) is 61.8. The average Bonchev–Trinajstić information content (AvgIpc) is 3.56. The Morgan fingerprint density at radius 1 is 0.360 bits per heavy atom. The number of nitrogens with zero attached hydrogens (tertiary/aromatic N) is 1. The topological polar surface area (TPSA) is 111 Å². The minimum absolute atomic E-state index is 0.0485. The van der Waals surface area contributed by atoms with Crippen molar-refractivity contribution in [1.82, 2.24) is 0 Å². The van der Waals surface area contributed by atoms with E-state index in [0.29, 0.717) is 23.9 Å². The molecule has 0 aromatic heterocycles. The molecule has 2 atom stereocenters. The lowest BCUT2D eigenvalue weighted by atomic mass is 10.0. The lowest BCUT2D eigenvalue weighted by Gasteiger charge is -2.28. The van der Waals surface area contributed by atoms with Crippen molar-refractivity contribution in [3.05, 3.63) is 158 Å².